The topological polar surface area (TPSA) is 88.3 Å². The van der Waals surface area contributed by atoms with Crippen LogP contribution >= 0.6 is 0 Å². The Hall–Kier alpha value is -2.77. The summed E-state index contributed by atoms with van der Waals surface area (Å²) in [5, 5.41) is 7.21. The number of benzene rings is 1. The fraction of sp³-hybridized carbons (Fsp3) is 0.524. The van der Waals surface area contributed by atoms with Gasteiger partial charge in [0.2, 0.25) is 17.7 Å². The largest absolute Gasteiger partial charge is 0.343 e. The summed E-state index contributed by atoms with van der Waals surface area (Å²) < 4.78 is 19.1. The number of nitrogens with one attached hydrogen (secondary N) is 1. The third-order valence-electron chi connectivity index (χ3n) is 5.99. The van der Waals surface area contributed by atoms with Crippen molar-refractivity contribution in [2.75, 3.05) is 11.4 Å². The second-order valence-electron chi connectivity index (χ2n) is 8.11. The van der Waals surface area contributed by atoms with Crippen molar-refractivity contribution in [3.8, 4) is 0 Å². The number of carbonyl (C=O) groups is 2. The summed E-state index contributed by atoms with van der Waals surface area (Å²) in [6.07, 6.45) is 4.61. The van der Waals surface area contributed by atoms with Crippen molar-refractivity contribution < 1.29 is 18.5 Å². The molecule has 29 heavy (non-hydrogen) atoms. The van der Waals surface area contributed by atoms with E-state index in [1.807, 2.05) is 0 Å². The smallest absolute Gasteiger partial charge is 0.227 e. The Balaban J connectivity index is 1.51. The lowest BCUT2D eigenvalue weighted by molar-refractivity contribution is -0.128. The molecule has 1 atom stereocenters. The van der Waals surface area contributed by atoms with E-state index in [4.69, 9.17) is 4.52 Å². The normalized spacial score (nSPS) is 21.4. The number of nitrogens with zero attached hydrogens (tertiary/aromatic N) is 3. The van der Waals surface area contributed by atoms with Crippen molar-refractivity contribution in [1.29, 1.82) is 0 Å². The fourth-order valence-corrected chi connectivity index (χ4v) is 4.27. The average Bonchev–Trinajstić information content (AvgIpc) is 3.31. The van der Waals surface area contributed by atoms with Gasteiger partial charge in [-0.1, -0.05) is 30.5 Å². The van der Waals surface area contributed by atoms with Gasteiger partial charge in [-0.15, -0.1) is 0 Å². The van der Waals surface area contributed by atoms with Crippen LogP contribution in [0.4, 0.5) is 10.1 Å². The molecule has 2 aromatic rings. The molecule has 2 amide bonds. The fourth-order valence-electron chi connectivity index (χ4n) is 4.27. The van der Waals surface area contributed by atoms with E-state index >= 15 is 0 Å². The molecule has 8 heteroatoms. The van der Waals surface area contributed by atoms with E-state index in [-0.39, 0.29) is 30.6 Å². The molecule has 1 saturated heterocycles. The Morgan fingerprint density at radius 3 is 2.69 bits per heavy atom. The highest BCUT2D eigenvalue weighted by atomic mass is 19.1. The highest BCUT2D eigenvalue weighted by molar-refractivity contribution is 6.00. The maximum atomic E-state index is 13.9. The Labute approximate surface area is 168 Å². The van der Waals surface area contributed by atoms with Crippen LogP contribution in [0.1, 0.15) is 55.8 Å². The van der Waals surface area contributed by atoms with E-state index in [1.165, 1.54) is 11.0 Å². The van der Waals surface area contributed by atoms with Crippen molar-refractivity contribution in [3.63, 3.8) is 0 Å². The molecule has 7 nitrogen and oxygen atoms in total. The molecule has 0 radical (unpaired) electrons. The first-order chi connectivity index (χ1) is 13.9. The number of aromatic nitrogens is 2. The summed E-state index contributed by atoms with van der Waals surface area (Å²) in [4.78, 5) is 31.5. The van der Waals surface area contributed by atoms with Crippen LogP contribution in [0.3, 0.4) is 0 Å². The number of aryl methyl sites for hydroxylation is 2. The molecule has 2 fully saturated rings. The second kappa shape index (κ2) is 7.57. The third-order valence-corrected chi connectivity index (χ3v) is 5.99. The Morgan fingerprint density at radius 2 is 2.03 bits per heavy atom. The molecule has 2 aliphatic rings. The van der Waals surface area contributed by atoms with E-state index in [0.29, 0.717) is 23.0 Å². The van der Waals surface area contributed by atoms with Gasteiger partial charge in [0.05, 0.1) is 5.92 Å². The van der Waals surface area contributed by atoms with Gasteiger partial charge in [-0.05, 0) is 37.5 Å². The van der Waals surface area contributed by atoms with Gasteiger partial charge < -0.3 is 14.7 Å². The first-order valence-corrected chi connectivity index (χ1v) is 10.1. The van der Waals surface area contributed by atoms with Crippen LogP contribution < -0.4 is 10.2 Å². The van der Waals surface area contributed by atoms with Crippen molar-refractivity contribution >= 4 is 17.5 Å². The van der Waals surface area contributed by atoms with Crippen molar-refractivity contribution in [1.82, 2.24) is 15.5 Å². The minimum Gasteiger partial charge on any atom is -0.343 e. The van der Waals surface area contributed by atoms with Gasteiger partial charge in [0.25, 0.3) is 0 Å². The Kier molecular flexibility index (Phi) is 5.10. The van der Waals surface area contributed by atoms with Gasteiger partial charge >= 0.3 is 0 Å². The zero-order valence-electron chi connectivity index (χ0n) is 16.7. The van der Waals surface area contributed by atoms with Gasteiger partial charge in [0.1, 0.15) is 11.4 Å². The summed E-state index contributed by atoms with van der Waals surface area (Å²) in [5.74, 6) is -0.276. The number of hydrogen-bond donors (Lipinski definition) is 1. The molecule has 1 saturated carbocycles. The summed E-state index contributed by atoms with van der Waals surface area (Å²) in [6.45, 7) is 3.63. The molecule has 1 N–H and O–H groups in total. The van der Waals surface area contributed by atoms with Gasteiger partial charge in [-0.3, -0.25) is 9.59 Å². The lowest BCUT2D eigenvalue weighted by atomic mass is 9.80. The van der Waals surface area contributed by atoms with Gasteiger partial charge in [0.15, 0.2) is 5.82 Å². The van der Waals surface area contributed by atoms with Crippen LogP contribution in [0.5, 0.6) is 0 Å². The number of rotatable bonds is 4. The third kappa shape index (κ3) is 3.75. The first kappa shape index (κ1) is 19.5. The van der Waals surface area contributed by atoms with Gasteiger partial charge in [0, 0.05) is 25.6 Å². The number of amides is 2. The molecular weight excluding hydrogens is 375 g/mol. The molecule has 1 aliphatic heterocycles. The average molecular weight is 400 g/mol. The van der Waals surface area contributed by atoms with E-state index in [2.05, 4.69) is 15.5 Å². The van der Waals surface area contributed by atoms with Crippen molar-refractivity contribution in [2.45, 2.75) is 57.9 Å². The van der Waals surface area contributed by atoms with Crippen molar-refractivity contribution in [2.24, 2.45) is 5.92 Å². The molecule has 1 aliphatic carbocycles. The molecule has 1 aromatic carbocycles. The zero-order valence-corrected chi connectivity index (χ0v) is 16.7. The number of hydrogen-bond acceptors (Lipinski definition) is 5. The van der Waals surface area contributed by atoms with Crippen LogP contribution in [-0.4, -0.2) is 28.5 Å². The Morgan fingerprint density at radius 1 is 1.28 bits per heavy atom. The molecule has 1 aromatic heterocycles. The molecule has 4 rings (SSSR count). The summed E-state index contributed by atoms with van der Waals surface area (Å²) >= 11 is 0. The summed E-state index contributed by atoms with van der Waals surface area (Å²) in [5.41, 5.74) is 0.346. The minimum atomic E-state index is -0.653. The van der Waals surface area contributed by atoms with E-state index in [1.54, 1.807) is 26.0 Å². The van der Waals surface area contributed by atoms with Crippen LogP contribution in [0.2, 0.25) is 0 Å². The van der Waals surface area contributed by atoms with Crippen LogP contribution in [0.25, 0.3) is 0 Å². The molecule has 0 bridgehead atoms. The first-order valence-electron chi connectivity index (χ1n) is 10.1. The monoisotopic (exact) mass is 400 g/mol. The number of anilines is 1. The molecule has 154 valence electrons. The lowest BCUT2D eigenvalue weighted by Crippen LogP contribution is -2.50. The van der Waals surface area contributed by atoms with Crippen LogP contribution in [0.15, 0.2) is 22.7 Å². The lowest BCUT2D eigenvalue weighted by Gasteiger charge is -2.36. The molecule has 2 heterocycles. The van der Waals surface area contributed by atoms with Gasteiger partial charge in [-0.25, -0.2) is 4.39 Å². The molecule has 0 spiro atoms. The van der Waals surface area contributed by atoms with Crippen molar-refractivity contribution in [3.05, 3.63) is 41.3 Å². The van der Waals surface area contributed by atoms with E-state index < -0.39 is 11.5 Å². The summed E-state index contributed by atoms with van der Waals surface area (Å²) in [7, 11) is 0. The highest BCUT2D eigenvalue weighted by Crippen LogP contribution is 2.36. The quantitative estimate of drug-likeness (QED) is 0.852. The SMILES string of the molecule is Cc1nc(C2(NC(=O)C3CC(=O)N(c4ccc(C)c(F)c4)C3)CCCCC2)no1. The number of halogens is 1. The predicted octanol–water partition coefficient (Wildman–Crippen LogP) is 3.15. The number of carbonyl (C=O) groups excluding carboxylic acids is 2. The molecular formula is C21H25FN4O3. The Bertz CT molecular complexity index is 936. The van der Waals surface area contributed by atoms with E-state index in [9.17, 15) is 14.0 Å². The summed E-state index contributed by atoms with van der Waals surface area (Å²) in [6, 6.07) is 4.69. The predicted molar refractivity (Wildman–Crippen MR) is 104 cm³/mol. The highest BCUT2D eigenvalue weighted by Gasteiger charge is 2.43. The molecule has 1 unspecified atom stereocenters. The second-order valence-corrected chi connectivity index (χ2v) is 8.11. The van der Waals surface area contributed by atoms with Gasteiger partial charge in [-0.2, -0.15) is 4.98 Å². The van der Waals surface area contributed by atoms with Crippen LogP contribution in [-0.2, 0) is 15.1 Å². The van der Waals surface area contributed by atoms with Crippen LogP contribution in [0, 0.1) is 25.6 Å². The zero-order chi connectivity index (χ0) is 20.6. The maximum Gasteiger partial charge on any atom is 0.227 e. The standard InChI is InChI=1S/C21H25FN4O3/c1-13-6-7-16(11-17(13)22)26-12-15(10-18(26)27)19(28)24-21(8-4-3-5-9-21)20-23-14(2)29-25-20/h6-7,11,15H,3-5,8-10,12H2,1-2H3,(H,24,28). The minimum absolute atomic E-state index is 0.0999. The van der Waals surface area contributed by atoms with E-state index in [0.717, 1.165) is 32.1 Å². The maximum absolute atomic E-state index is 13.9.